The molecule has 1 aromatic rings. The van der Waals surface area contributed by atoms with Gasteiger partial charge in [0.2, 0.25) is 5.91 Å². The zero-order chi connectivity index (χ0) is 15.7. The van der Waals surface area contributed by atoms with Crippen LogP contribution < -0.4 is 5.32 Å². The van der Waals surface area contributed by atoms with Crippen LogP contribution in [0, 0.1) is 0 Å². The van der Waals surface area contributed by atoms with Crippen molar-refractivity contribution in [3.63, 3.8) is 0 Å². The number of hydrogen-bond donors (Lipinski definition) is 2. The summed E-state index contributed by atoms with van der Waals surface area (Å²) in [4.78, 5) is 23.8. The molecular formula is C14H18ClNO3S2. The molecule has 0 spiro atoms. The number of carboxylic acid groups (broad SMARTS) is 1. The molecule has 0 saturated heterocycles. The van der Waals surface area contributed by atoms with Crippen LogP contribution in [-0.4, -0.2) is 40.8 Å². The molecular weight excluding hydrogens is 330 g/mol. The normalized spacial score (nSPS) is 11.9. The van der Waals surface area contributed by atoms with E-state index < -0.39 is 12.0 Å². The lowest BCUT2D eigenvalue weighted by Crippen LogP contribution is -2.41. The van der Waals surface area contributed by atoms with Crippen LogP contribution in [0.2, 0.25) is 5.02 Å². The monoisotopic (exact) mass is 347 g/mol. The maximum absolute atomic E-state index is 11.7. The van der Waals surface area contributed by atoms with Gasteiger partial charge in [0.15, 0.2) is 0 Å². The van der Waals surface area contributed by atoms with Gasteiger partial charge in [-0.05, 0) is 42.7 Å². The van der Waals surface area contributed by atoms with E-state index in [1.807, 2.05) is 18.4 Å². The van der Waals surface area contributed by atoms with E-state index >= 15 is 0 Å². The molecule has 21 heavy (non-hydrogen) atoms. The molecule has 2 N–H and O–H groups in total. The maximum Gasteiger partial charge on any atom is 0.326 e. The number of rotatable bonds is 9. The number of amides is 1. The van der Waals surface area contributed by atoms with Crippen LogP contribution >= 0.6 is 35.1 Å². The Hall–Kier alpha value is -0.850. The van der Waals surface area contributed by atoms with Crippen molar-refractivity contribution in [2.24, 2.45) is 0 Å². The highest BCUT2D eigenvalue weighted by atomic mass is 35.5. The number of hydrogen-bond acceptors (Lipinski definition) is 4. The van der Waals surface area contributed by atoms with Crippen LogP contribution in [0.4, 0.5) is 0 Å². The molecule has 1 rings (SSSR count). The summed E-state index contributed by atoms with van der Waals surface area (Å²) in [6.07, 6.45) is 2.63. The van der Waals surface area contributed by atoms with Gasteiger partial charge in [-0.1, -0.05) is 11.6 Å². The summed E-state index contributed by atoms with van der Waals surface area (Å²) in [5.41, 5.74) is 0. The summed E-state index contributed by atoms with van der Waals surface area (Å²) in [5, 5.41) is 12.3. The Kier molecular flexibility index (Phi) is 8.64. The van der Waals surface area contributed by atoms with Gasteiger partial charge in [-0.2, -0.15) is 11.8 Å². The lowest BCUT2D eigenvalue weighted by molar-refractivity contribution is -0.141. The number of benzene rings is 1. The first-order valence-electron chi connectivity index (χ1n) is 6.42. The highest BCUT2D eigenvalue weighted by molar-refractivity contribution is 7.99. The first kappa shape index (κ1) is 18.2. The molecule has 0 saturated carbocycles. The van der Waals surface area contributed by atoms with Gasteiger partial charge in [0.25, 0.3) is 0 Å². The third-order valence-corrected chi connectivity index (χ3v) is 4.57. The van der Waals surface area contributed by atoms with Gasteiger partial charge < -0.3 is 10.4 Å². The van der Waals surface area contributed by atoms with Crippen molar-refractivity contribution in [1.82, 2.24) is 5.32 Å². The predicted octanol–water partition coefficient (Wildman–Crippen LogP) is 3.14. The number of carbonyl (C=O) groups is 2. The summed E-state index contributed by atoms with van der Waals surface area (Å²) in [6.45, 7) is 0. The van der Waals surface area contributed by atoms with E-state index in [0.717, 1.165) is 4.90 Å². The first-order valence-corrected chi connectivity index (χ1v) is 9.18. The van der Waals surface area contributed by atoms with E-state index in [9.17, 15) is 9.59 Å². The molecule has 0 aromatic heterocycles. The molecule has 0 heterocycles. The van der Waals surface area contributed by atoms with Crippen molar-refractivity contribution in [2.75, 3.05) is 17.8 Å². The summed E-state index contributed by atoms with van der Waals surface area (Å²) >= 11 is 8.89. The molecule has 116 valence electrons. The van der Waals surface area contributed by atoms with Crippen molar-refractivity contribution >= 4 is 47.0 Å². The van der Waals surface area contributed by atoms with Gasteiger partial charge in [-0.25, -0.2) is 4.79 Å². The number of nitrogens with one attached hydrogen (secondary N) is 1. The van der Waals surface area contributed by atoms with Crippen molar-refractivity contribution in [2.45, 2.75) is 23.8 Å². The number of carbonyl (C=O) groups excluding carboxylic acids is 1. The second kappa shape index (κ2) is 9.97. The molecule has 1 atom stereocenters. The molecule has 0 fully saturated rings. The fraction of sp³-hybridized carbons (Fsp3) is 0.429. The predicted molar refractivity (Wildman–Crippen MR) is 89.4 cm³/mol. The Morgan fingerprint density at radius 3 is 2.52 bits per heavy atom. The van der Waals surface area contributed by atoms with Gasteiger partial charge in [0.1, 0.15) is 6.04 Å². The van der Waals surface area contributed by atoms with Crippen molar-refractivity contribution in [3.05, 3.63) is 29.3 Å². The second-order valence-electron chi connectivity index (χ2n) is 4.29. The average Bonchev–Trinajstić information content (AvgIpc) is 2.45. The molecule has 0 radical (unpaired) electrons. The lowest BCUT2D eigenvalue weighted by atomic mass is 10.2. The molecule has 0 unspecified atom stereocenters. The summed E-state index contributed by atoms with van der Waals surface area (Å²) < 4.78 is 0. The number of aliphatic carboxylic acids is 1. The Balaban J connectivity index is 2.32. The number of thioether (sulfide) groups is 2. The molecule has 4 nitrogen and oxygen atoms in total. The van der Waals surface area contributed by atoms with E-state index in [0.29, 0.717) is 22.9 Å². The topological polar surface area (TPSA) is 66.4 Å². The third kappa shape index (κ3) is 7.64. The summed E-state index contributed by atoms with van der Waals surface area (Å²) in [5.74, 6) is 0.0896. The highest BCUT2D eigenvalue weighted by Gasteiger charge is 2.18. The molecule has 7 heteroatoms. The summed E-state index contributed by atoms with van der Waals surface area (Å²) in [7, 11) is 0. The van der Waals surface area contributed by atoms with Crippen molar-refractivity contribution in [3.8, 4) is 0 Å². The number of carboxylic acids is 1. The van der Waals surface area contributed by atoms with Crippen LogP contribution in [0.3, 0.4) is 0 Å². The van der Waals surface area contributed by atoms with Crippen molar-refractivity contribution < 1.29 is 14.7 Å². The first-order chi connectivity index (χ1) is 10.0. The molecule has 0 aliphatic rings. The zero-order valence-electron chi connectivity index (χ0n) is 11.7. The van der Waals surface area contributed by atoms with E-state index in [4.69, 9.17) is 16.7 Å². The summed E-state index contributed by atoms with van der Waals surface area (Å²) in [6, 6.07) is 6.58. The lowest BCUT2D eigenvalue weighted by Gasteiger charge is -2.13. The minimum Gasteiger partial charge on any atom is -0.480 e. The van der Waals surface area contributed by atoms with Crippen LogP contribution in [0.1, 0.15) is 12.8 Å². The van der Waals surface area contributed by atoms with Gasteiger partial charge >= 0.3 is 5.97 Å². The Morgan fingerprint density at radius 1 is 1.29 bits per heavy atom. The van der Waals surface area contributed by atoms with Crippen LogP contribution in [-0.2, 0) is 9.59 Å². The second-order valence-corrected chi connectivity index (χ2v) is 6.88. The fourth-order valence-electron chi connectivity index (χ4n) is 1.55. The van der Waals surface area contributed by atoms with Crippen LogP contribution in [0.15, 0.2) is 29.2 Å². The Labute approximate surface area is 138 Å². The minimum absolute atomic E-state index is 0.232. The Morgan fingerprint density at radius 2 is 1.95 bits per heavy atom. The molecule has 0 aliphatic carbocycles. The molecule has 1 amide bonds. The van der Waals surface area contributed by atoms with E-state index in [1.54, 1.807) is 23.9 Å². The molecule has 0 aliphatic heterocycles. The third-order valence-electron chi connectivity index (χ3n) is 2.66. The van der Waals surface area contributed by atoms with Gasteiger partial charge in [0.05, 0.1) is 0 Å². The van der Waals surface area contributed by atoms with Crippen LogP contribution in [0.5, 0.6) is 0 Å². The molecule has 0 bridgehead atoms. The zero-order valence-corrected chi connectivity index (χ0v) is 14.1. The van der Waals surface area contributed by atoms with E-state index in [-0.39, 0.29) is 12.3 Å². The SMILES string of the molecule is CSCC[C@H](NC(=O)CCSc1ccc(Cl)cc1)C(=O)O. The van der Waals surface area contributed by atoms with E-state index in [2.05, 4.69) is 5.32 Å². The van der Waals surface area contributed by atoms with Gasteiger partial charge in [0, 0.05) is 22.1 Å². The minimum atomic E-state index is -0.984. The van der Waals surface area contributed by atoms with Gasteiger partial charge in [-0.15, -0.1) is 11.8 Å². The Bertz CT molecular complexity index is 468. The number of halogens is 1. The quantitative estimate of drug-likeness (QED) is 0.672. The van der Waals surface area contributed by atoms with E-state index in [1.165, 1.54) is 11.8 Å². The fourth-order valence-corrected chi connectivity index (χ4v) is 3.00. The molecule has 1 aromatic carbocycles. The maximum atomic E-state index is 11.7. The standard InChI is InChI=1S/C14H18ClNO3S2/c1-20-8-6-12(14(18)19)16-13(17)7-9-21-11-4-2-10(15)3-5-11/h2-5,12H,6-9H2,1H3,(H,16,17)(H,18,19)/t12-/m0/s1. The smallest absolute Gasteiger partial charge is 0.326 e. The average molecular weight is 348 g/mol. The van der Waals surface area contributed by atoms with Crippen LogP contribution in [0.25, 0.3) is 0 Å². The van der Waals surface area contributed by atoms with Gasteiger partial charge in [-0.3, -0.25) is 4.79 Å². The highest BCUT2D eigenvalue weighted by Crippen LogP contribution is 2.20. The van der Waals surface area contributed by atoms with Crippen molar-refractivity contribution in [1.29, 1.82) is 0 Å². The largest absolute Gasteiger partial charge is 0.480 e.